The van der Waals surface area contributed by atoms with Crippen LogP contribution in [-0.4, -0.2) is 56.4 Å². The Hall–Kier alpha value is -1.70. The fraction of sp³-hybridized carbons (Fsp3) is 0.421. The number of anilines is 2. The maximum absolute atomic E-state index is 11.1. The van der Waals surface area contributed by atoms with E-state index in [1.807, 2.05) is 30.0 Å². The molecule has 1 aliphatic heterocycles. The quantitative estimate of drug-likeness (QED) is 0.730. The van der Waals surface area contributed by atoms with Crippen molar-refractivity contribution in [3.05, 3.63) is 36.4 Å². The van der Waals surface area contributed by atoms with E-state index in [4.69, 9.17) is 4.74 Å². The molecule has 0 unspecified atom stereocenters. The third-order valence-electron chi connectivity index (χ3n) is 4.33. The van der Waals surface area contributed by atoms with Crippen LogP contribution < -0.4 is 15.0 Å². The lowest BCUT2D eigenvalue weighted by molar-refractivity contribution is -0.114. The number of thiophene rings is 1. The molecule has 26 heavy (non-hydrogen) atoms. The van der Waals surface area contributed by atoms with Gasteiger partial charge in [-0.15, -0.1) is 23.1 Å². The van der Waals surface area contributed by atoms with Gasteiger partial charge in [0.15, 0.2) is 0 Å². The number of amides is 1. The first-order valence-corrected chi connectivity index (χ1v) is 10.6. The van der Waals surface area contributed by atoms with Crippen molar-refractivity contribution in [2.45, 2.75) is 11.1 Å². The van der Waals surface area contributed by atoms with Gasteiger partial charge in [0, 0.05) is 45.4 Å². The highest BCUT2D eigenvalue weighted by Gasteiger charge is 2.19. The zero-order valence-electron chi connectivity index (χ0n) is 15.2. The van der Waals surface area contributed by atoms with E-state index in [0.29, 0.717) is 0 Å². The lowest BCUT2D eigenvalue weighted by Crippen LogP contribution is -2.47. The van der Waals surface area contributed by atoms with Gasteiger partial charge in [-0.2, -0.15) is 0 Å². The average molecular weight is 392 g/mol. The lowest BCUT2D eigenvalue weighted by atomic mass is 10.2. The number of rotatable bonds is 7. The molecule has 140 valence electrons. The predicted octanol–water partition coefficient (Wildman–Crippen LogP) is 3.63. The molecule has 0 atom stereocenters. The van der Waals surface area contributed by atoms with Crippen molar-refractivity contribution in [1.29, 1.82) is 0 Å². The molecule has 1 N–H and O–H groups in total. The van der Waals surface area contributed by atoms with Crippen LogP contribution in [0.25, 0.3) is 0 Å². The van der Waals surface area contributed by atoms with Crippen molar-refractivity contribution in [3.8, 4) is 5.75 Å². The van der Waals surface area contributed by atoms with E-state index in [2.05, 4.69) is 33.3 Å². The smallest absolute Gasteiger partial charge is 0.221 e. The van der Waals surface area contributed by atoms with E-state index < -0.39 is 0 Å². The molecule has 1 aromatic heterocycles. The van der Waals surface area contributed by atoms with Crippen molar-refractivity contribution >= 4 is 39.7 Å². The molecule has 5 nitrogen and oxygen atoms in total. The van der Waals surface area contributed by atoms with Gasteiger partial charge in [0.25, 0.3) is 0 Å². The maximum Gasteiger partial charge on any atom is 0.221 e. The van der Waals surface area contributed by atoms with Crippen LogP contribution in [-0.2, 0) is 4.79 Å². The standard InChI is InChI=1S/C19H25N3O2S2/c1-15(23)20-18-7-8-19(26-18)25-14-13-21-9-11-22(12-10-21)16-5-3-4-6-17(16)24-2/h3-8H,9-14H2,1-2H3,(H,20,23). The maximum atomic E-state index is 11.1. The molecule has 1 saturated heterocycles. The fourth-order valence-electron chi connectivity index (χ4n) is 3.02. The molecule has 0 bridgehead atoms. The van der Waals surface area contributed by atoms with Crippen LogP contribution in [0.3, 0.4) is 0 Å². The molecule has 0 aliphatic carbocycles. The number of nitrogens with one attached hydrogen (secondary N) is 1. The lowest BCUT2D eigenvalue weighted by Gasteiger charge is -2.36. The summed E-state index contributed by atoms with van der Waals surface area (Å²) in [6, 6.07) is 12.3. The number of piperazine rings is 1. The van der Waals surface area contributed by atoms with Crippen LogP contribution >= 0.6 is 23.1 Å². The largest absolute Gasteiger partial charge is 0.495 e. The van der Waals surface area contributed by atoms with Gasteiger partial charge in [-0.25, -0.2) is 0 Å². The Morgan fingerprint density at radius 1 is 1.19 bits per heavy atom. The summed E-state index contributed by atoms with van der Waals surface area (Å²) in [5.41, 5.74) is 1.19. The molecule has 0 saturated carbocycles. The van der Waals surface area contributed by atoms with Gasteiger partial charge in [0.2, 0.25) is 5.91 Å². The van der Waals surface area contributed by atoms with Gasteiger partial charge < -0.3 is 15.0 Å². The Kier molecular flexibility index (Phi) is 6.82. The molecule has 0 radical (unpaired) electrons. The number of hydrogen-bond donors (Lipinski definition) is 1. The minimum atomic E-state index is -0.0173. The van der Waals surface area contributed by atoms with Crippen LogP contribution in [0.2, 0.25) is 0 Å². The highest BCUT2D eigenvalue weighted by molar-refractivity contribution is 8.01. The summed E-state index contributed by atoms with van der Waals surface area (Å²) in [6.07, 6.45) is 0. The molecule has 1 amide bonds. The summed E-state index contributed by atoms with van der Waals surface area (Å²) in [5.74, 6) is 2.00. The second-order valence-corrected chi connectivity index (χ2v) is 8.63. The Bertz CT molecular complexity index is 727. The molecular weight excluding hydrogens is 366 g/mol. The van der Waals surface area contributed by atoms with Crippen molar-refractivity contribution in [2.75, 3.05) is 55.8 Å². The number of methoxy groups -OCH3 is 1. The minimum Gasteiger partial charge on any atom is -0.495 e. The summed E-state index contributed by atoms with van der Waals surface area (Å²) >= 11 is 3.50. The van der Waals surface area contributed by atoms with E-state index in [9.17, 15) is 4.79 Å². The number of hydrogen-bond acceptors (Lipinski definition) is 6. The second-order valence-electron chi connectivity index (χ2n) is 6.15. The highest BCUT2D eigenvalue weighted by Crippen LogP contribution is 2.31. The van der Waals surface area contributed by atoms with Crippen LogP contribution in [0, 0.1) is 0 Å². The number of carbonyl (C=O) groups is 1. The average Bonchev–Trinajstić information content (AvgIpc) is 3.09. The Labute approximate surface area is 163 Å². The van der Waals surface area contributed by atoms with E-state index in [1.54, 1.807) is 18.4 Å². The summed E-state index contributed by atoms with van der Waals surface area (Å²) in [5, 5.41) is 3.76. The molecule has 3 rings (SSSR count). The summed E-state index contributed by atoms with van der Waals surface area (Å²) in [6.45, 7) is 6.81. The number of thioether (sulfide) groups is 1. The number of nitrogens with zero attached hydrogens (tertiary/aromatic N) is 2. The predicted molar refractivity (Wildman–Crippen MR) is 111 cm³/mol. The first-order valence-electron chi connectivity index (χ1n) is 8.76. The molecule has 1 aliphatic rings. The first-order chi connectivity index (χ1) is 12.7. The summed E-state index contributed by atoms with van der Waals surface area (Å²) < 4.78 is 6.73. The molecule has 1 aromatic carbocycles. The zero-order valence-corrected chi connectivity index (χ0v) is 16.9. The van der Waals surface area contributed by atoms with Gasteiger partial charge >= 0.3 is 0 Å². The van der Waals surface area contributed by atoms with Crippen LogP contribution in [0.1, 0.15) is 6.92 Å². The first kappa shape index (κ1) is 19.1. The summed E-state index contributed by atoms with van der Waals surface area (Å²) in [7, 11) is 1.73. The van der Waals surface area contributed by atoms with Crippen molar-refractivity contribution in [2.24, 2.45) is 0 Å². The number of carbonyl (C=O) groups excluding carboxylic acids is 1. The van der Waals surface area contributed by atoms with Gasteiger partial charge in [-0.3, -0.25) is 9.69 Å². The van der Waals surface area contributed by atoms with Crippen LogP contribution in [0.5, 0.6) is 5.75 Å². The van der Waals surface area contributed by atoms with Gasteiger partial charge in [-0.1, -0.05) is 12.1 Å². The normalized spacial score (nSPS) is 15.1. The van der Waals surface area contributed by atoms with Gasteiger partial charge in [-0.05, 0) is 24.3 Å². The number of benzene rings is 1. The second kappa shape index (κ2) is 9.30. The van der Waals surface area contributed by atoms with Crippen LogP contribution in [0.15, 0.2) is 40.6 Å². The fourth-order valence-corrected chi connectivity index (χ4v) is 5.17. The SMILES string of the molecule is COc1ccccc1N1CCN(CCSc2ccc(NC(C)=O)s2)CC1. The Morgan fingerprint density at radius 3 is 2.69 bits per heavy atom. The summed E-state index contributed by atoms with van der Waals surface area (Å²) in [4.78, 5) is 16.0. The molecule has 1 fully saturated rings. The third kappa shape index (κ3) is 5.16. The topological polar surface area (TPSA) is 44.8 Å². The Morgan fingerprint density at radius 2 is 1.96 bits per heavy atom. The number of para-hydroxylation sites is 2. The molecule has 2 aromatic rings. The third-order valence-corrected chi connectivity index (χ3v) is 6.54. The van der Waals surface area contributed by atoms with E-state index in [0.717, 1.165) is 49.2 Å². The molecule has 0 spiro atoms. The van der Waals surface area contributed by atoms with Crippen LogP contribution in [0.4, 0.5) is 10.7 Å². The van der Waals surface area contributed by atoms with Crippen molar-refractivity contribution in [1.82, 2.24) is 4.90 Å². The van der Waals surface area contributed by atoms with Gasteiger partial charge in [0.1, 0.15) is 5.75 Å². The van der Waals surface area contributed by atoms with Crippen molar-refractivity contribution < 1.29 is 9.53 Å². The molecule has 7 heteroatoms. The van der Waals surface area contributed by atoms with E-state index in [-0.39, 0.29) is 5.91 Å². The molecular formula is C19H25N3O2S2. The van der Waals surface area contributed by atoms with E-state index in [1.165, 1.54) is 16.8 Å². The minimum absolute atomic E-state index is 0.0173. The monoisotopic (exact) mass is 391 g/mol. The molecule has 2 heterocycles. The van der Waals surface area contributed by atoms with E-state index >= 15 is 0 Å². The number of ether oxygens (including phenoxy) is 1. The highest BCUT2D eigenvalue weighted by atomic mass is 32.2. The van der Waals surface area contributed by atoms with Gasteiger partial charge in [0.05, 0.1) is 22.0 Å². The zero-order chi connectivity index (χ0) is 18.4. The van der Waals surface area contributed by atoms with Crippen molar-refractivity contribution in [3.63, 3.8) is 0 Å². The Balaban J connectivity index is 1.41.